The number of aryl methyl sites for hydroxylation is 2. The molecule has 0 atom stereocenters. The van der Waals surface area contributed by atoms with E-state index in [1.807, 2.05) is 71.1 Å². The minimum Gasteiger partial charge on any atom is -0.306 e. The zero-order valence-electron chi connectivity index (χ0n) is 16.1. The molecule has 1 aliphatic carbocycles. The van der Waals surface area contributed by atoms with Crippen molar-refractivity contribution in [1.29, 1.82) is 0 Å². The number of aromatic nitrogens is 2. The minimum atomic E-state index is -0.0452. The highest BCUT2D eigenvalue weighted by molar-refractivity contribution is 6.04. The Morgan fingerprint density at radius 3 is 1.77 bits per heavy atom. The van der Waals surface area contributed by atoms with Gasteiger partial charge in [0, 0.05) is 16.3 Å². The summed E-state index contributed by atoms with van der Waals surface area (Å²) in [5.74, 6) is 0. The molecule has 0 radical (unpaired) electrons. The van der Waals surface area contributed by atoms with E-state index in [1.54, 1.807) is 0 Å². The van der Waals surface area contributed by atoms with Crippen LogP contribution in [0, 0.1) is 0 Å². The smallest absolute Gasteiger partial charge is 0.265 e. The third kappa shape index (κ3) is 1.73. The molecule has 0 N–H and O–H groups in total. The van der Waals surface area contributed by atoms with Crippen LogP contribution < -0.4 is 11.0 Å². The molecular weight excluding hydrogens is 372 g/mol. The Morgan fingerprint density at radius 1 is 0.533 bits per heavy atom. The van der Waals surface area contributed by atoms with Crippen LogP contribution in [0.3, 0.4) is 0 Å². The lowest BCUT2D eigenvalue weighted by molar-refractivity contribution is 0.951. The molecule has 0 spiro atoms. The summed E-state index contributed by atoms with van der Waals surface area (Å²) in [7, 11) is 0. The summed E-state index contributed by atoms with van der Waals surface area (Å²) in [5, 5.41) is 2.44. The molecule has 3 heterocycles. The molecule has 0 saturated carbocycles. The molecular formula is C26H16N2O2. The minimum absolute atomic E-state index is 0.0452. The zero-order chi connectivity index (χ0) is 20.0. The second-order valence-corrected chi connectivity index (χ2v) is 8.01. The molecule has 0 unspecified atom stereocenters. The van der Waals surface area contributed by atoms with Gasteiger partial charge in [0.15, 0.2) is 5.43 Å². The molecule has 1 aliphatic rings. The van der Waals surface area contributed by atoms with Crippen LogP contribution in [-0.2, 0) is 12.8 Å². The first-order chi connectivity index (χ1) is 14.8. The highest BCUT2D eigenvalue weighted by Crippen LogP contribution is 2.35. The van der Waals surface area contributed by atoms with Crippen LogP contribution >= 0.6 is 0 Å². The summed E-state index contributed by atoms with van der Waals surface area (Å²) < 4.78 is 3.97. The number of benzene rings is 3. The molecule has 0 aliphatic heterocycles. The van der Waals surface area contributed by atoms with E-state index < -0.39 is 0 Å². The molecule has 0 amide bonds. The van der Waals surface area contributed by atoms with Crippen LogP contribution in [0.25, 0.3) is 43.7 Å². The molecule has 0 saturated heterocycles. The number of fused-ring (bicyclic) bond motifs is 7. The maximum absolute atomic E-state index is 13.9. The molecule has 3 aromatic heterocycles. The van der Waals surface area contributed by atoms with Gasteiger partial charge in [-0.15, -0.1) is 0 Å². The van der Waals surface area contributed by atoms with Crippen molar-refractivity contribution in [1.82, 2.24) is 8.80 Å². The zero-order valence-corrected chi connectivity index (χ0v) is 16.1. The molecule has 0 bridgehead atoms. The summed E-state index contributed by atoms with van der Waals surface area (Å²) >= 11 is 0. The van der Waals surface area contributed by atoms with Gasteiger partial charge in [-0.25, -0.2) is 0 Å². The molecule has 7 rings (SSSR count). The van der Waals surface area contributed by atoms with Gasteiger partial charge in [-0.05, 0) is 48.7 Å². The predicted molar refractivity (Wildman–Crippen MR) is 121 cm³/mol. The SMILES string of the molecule is O=c1c2c3c4c(c5ccccc5n4c(=O)c4ccccc4n3c3ccccc13)CC2. The van der Waals surface area contributed by atoms with E-state index in [1.165, 1.54) is 0 Å². The molecule has 4 heteroatoms. The van der Waals surface area contributed by atoms with Crippen molar-refractivity contribution in [2.24, 2.45) is 0 Å². The number of nitrogens with zero attached hydrogens (tertiary/aromatic N) is 2. The monoisotopic (exact) mass is 388 g/mol. The lowest BCUT2D eigenvalue weighted by Crippen LogP contribution is -2.17. The Hall–Kier alpha value is -3.92. The number of hydrogen-bond donors (Lipinski definition) is 0. The van der Waals surface area contributed by atoms with E-state index in [0.717, 1.165) is 50.5 Å². The van der Waals surface area contributed by atoms with Gasteiger partial charge in [0.05, 0.1) is 33.0 Å². The Balaban J connectivity index is 2.04. The van der Waals surface area contributed by atoms with Gasteiger partial charge in [0.1, 0.15) is 0 Å². The fraction of sp³-hybridized carbons (Fsp3) is 0.0769. The fourth-order valence-electron chi connectivity index (χ4n) is 5.36. The van der Waals surface area contributed by atoms with Crippen molar-refractivity contribution in [2.75, 3.05) is 0 Å². The van der Waals surface area contributed by atoms with Crippen LogP contribution in [0.2, 0.25) is 0 Å². The van der Waals surface area contributed by atoms with Gasteiger partial charge in [-0.2, -0.15) is 0 Å². The topological polar surface area (TPSA) is 43.0 Å². The highest BCUT2D eigenvalue weighted by Gasteiger charge is 2.25. The summed E-state index contributed by atoms with van der Waals surface area (Å²) in [6.07, 6.45) is 1.43. The van der Waals surface area contributed by atoms with E-state index in [-0.39, 0.29) is 11.0 Å². The average Bonchev–Trinajstić information content (AvgIpc) is 3.08. The predicted octanol–water partition coefficient (Wildman–Crippen LogP) is 4.47. The number of para-hydroxylation sites is 3. The highest BCUT2D eigenvalue weighted by atomic mass is 16.1. The third-order valence-corrected chi connectivity index (χ3v) is 6.58. The first-order valence-electron chi connectivity index (χ1n) is 10.2. The van der Waals surface area contributed by atoms with Gasteiger partial charge < -0.3 is 4.40 Å². The van der Waals surface area contributed by atoms with Crippen molar-refractivity contribution in [3.8, 4) is 0 Å². The van der Waals surface area contributed by atoms with Gasteiger partial charge >= 0.3 is 0 Å². The number of hydrogen-bond acceptors (Lipinski definition) is 2. The fourth-order valence-corrected chi connectivity index (χ4v) is 5.36. The van der Waals surface area contributed by atoms with Gasteiger partial charge in [-0.1, -0.05) is 42.5 Å². The van der Waals surface area contributed by atoms with Crippen LogP contribution in [-0.4, -0.2) is 8.80 Å². The summed E-state index contributed by atoms with van der Waals surface area (Å²) in [6.45, 7) is 0. The quantitative estimate of drug-likeness (QED) is 0.385. The van der Waals surface area contributed by atoms with Gasteiger partial charge in [0.2, 0.25) is 0 Å². The van der Waals surface area contributed by atoms with Crippen molar-refractivity contribution >= 4 is 43.7 Å². The van der Waals surface area contributed by atoms with E-state index in [4.69, 9.17) is 0 Å². The van der Waals surface area contributed by atoms with E-state index in [9.17, 15) is 9.59 Å². The number of pyridine rings is 1. The first kappa shape index (κ1) is 15.9. The molecule has 142 valence electrons. The second kappa shape index (κ2) is 5.36. The summed E-state index contributed by atoms with van der Waals surface area (Å²) in [6, 6.07) is 23.5. The lowest BCUT2D eigenvalue weighted by atomic mass is 9.94. The standard InChI is InChI=1S/C26H16N2O2/c29-25-17-8-2-5-11-21(17)27-22-12-6-3-9-18(22)26(30)28-20-10-4-1-7-15(20)16-13-14-19(25)24(27)23(16)28/h1-12H,13-14H2. The van der Waals surface area contributed by atoms with Crippen molar-refractivity contribution in [2.45, 2.75) is 12.8 Å². The van der Waals surface area contributed by atoms with E-state index >= 15 is 0 Å². The van der Waals surface area contributed by atoms with E-state index in [0.29, 0.717) is 17.2 Å². The van der Waals surface area contributed by atoms with Gasteiger partial charge in [-0.3, -0.25) is 14.0 Å². The summed E-state index contributed by atoms with van der Waals surface area (Å²) in [4.78, 5) is 27.3. The molecule has 6 aromatic rings. The molecule has 30 heavy (non-hydrogen) atoms. The second-order valence-electron chi connectivity index (χ2n) is 8.01. The first-order valence-corrected chi connectivity index (χ1v) is 10.2. The van der Waals surface area contributed by atoms with E-state index in [2.05, 4.69) is 10.5 Å². The Kier molecular flexibility index (Phi) is 2.85. The molecule has 3 aromatic carbocycles. The normalized spacial score (nSPS) is 13.3. The Bertz CT molecular complexity index is 1840. The van der Waals surface area contributed by atoms with Gasteiger partial charge in [0.25, 0.3) is 5.56 Å². The molecule has 0 fully saturated rings. The Labute approximate surface area is 170 Å². The Morgan fingerprint density at radius 2 is 1.03 bits per heavy atom. The van der Waals surface area contributed by atoms with Crippen LogP contribution in [0.15, 0.2) is 82.4 Å². The summed E-state index contributed by atoms with van der Waals surface area (Å²) in [5.41, 5.74) is 6.31. The van der Waals surface area contributed by atoms with Crippen LogP contribution in [0.4, 0.5) is 0 Å². The largest absolute Gasteiger partial charge is 0.306 e. The van der Waals surface area contributed by atoms with Crippen LogP contribution in [0.1, 0.15) is 11.1 Å². The van der Waals surface area contributed by atoms with Crippen molar-refractivity contribution in [3.05, 3.63) is 105 Å². The van der Waals surface area contributed by atoms with Crippen LogP contribution in [0.5, 0.6) is 0 Å². The maximum atomic E-state index is 13.9. The average molecular weight is 388 g/mol. The lowest BCUT2D eigenvalue weighted by Gasteiger charge is -2.16. The third-order valence-electron chi connectivity index (χ3n) is 6.58. The molecule has 4 nitrogen and oxygen atoms in total. The van der Waals surface area contributed by atoms with Crippen molar-refractivity contribution < 1.29 is 0 Å². The maximum Gasteiger partial charge on any atom is 0.265 e. The number of rotatable bonds is 0. The van der Waals surface area contributed by atoms with Crippen molar-refractivity contribution in [3.63, 3.8) is 0 Å².